The fraction of sp³-hybridized carbons (Fsp3) is 0.750. The predicted molar refractivity (Wildman–Crippen MR) is 179 cm³/mol. The monoisotopic (exact) mass is 812 g/mol. The normalized spacial score (nSPS) is 25.7. The fourth-order valence-corrected chi connectivity index (χ4v) is 5.81. The average molecular weight is 813 g/mol. The number of carbonyl (C=O) groups excluding carboxylic acids is 5. The van der Waals surface area contributed by atoms with E-state index in [-0.39, 0.29) is 146 Å². The maximum Gasteiger partial charge on any atom is 0.335 e. The Morgan fingerprint density at radius 1 is 0.745 bits per heavy atom. The van der Waals surface area contributed by atoms with E-state index in [4.69, 9.17) is 11.5 Å². The van der Waals surface area contributed by atoms with Crippen LogP contribution in [0.1, 0.15) is 90.9 Å². The van der Waals surface area contributed by atoms with Crippen molar-refractivity contribution in [2.45, 2.75) is 115 Å². The minimum atomic E-state index is -0.372. The Labute approximate surface area is 333 Å². The topological polar surface area (TPSA) is 205 Å². The molecule has 0 bridgehead atoms. The summed E-state index contributed by atoms with van der Waals surface area (Å²) >= 11 is 0. The maximum absolute atomic E-state index is 12.2. The summed E-state index contributed by atoms with van der Waals surface area (Å²) in [5.41, 5.74) is 17.6. The van der Waals surface area contributed by atoms with Gasteiger partial charge in [-0.25, -0.2) is 10.2 Å². The molecule has 5 amide bonds. The summed E-state index contributed by atoms with van der Waals surface area (Å²) in [6, 6.07) is -1.20. The summed E-state index contributed by atoms with van der Waals surface area (Å²) in [5.74, 6) is 0.343. The Hall–Kier alpha value is -0.852. The number of carbonyl (C=O) groups is 5. The summed E-state index contributed by atoms with van der Waals surface area (Å²) < 4.78 is 0. The Balaban J connectivity index is -0.000000920. The molecule has 0 unspecified atom stereocenters. The molecule has 266 valence electrons. The van der Waals surface area contributed by atoms with E-state index in [1.54, 1.807) is 13.3 Å². The molecule has 15 heteroatoms. The van der Waals surface area contributed by atoms with E-state index in [1.165, 1.54) is 0 Å². The minimum Gasteiger partial charge on any atom is -0.675 e. The van der Waals surface area contributed by atoms with E-state index in [2.05, 4.69) is 31.8 Å². The molecule has 3 fully saturated rings. The fourth-order valence-electron chi connectivity index (χ4n) is 5.81. The van der Waals surface area contributed by atoms with E-state index in [0.717, 1.165) is 57.7 Å². The standard InChI is InChI=1S/C20H35N6O3.C10H17N2O2.2CH3.2Y/c1-3-17(25-19(28)15-8-9-16(21)10-15)12-24-26-20(29)23-11-13-4-6-14(7-5-13)18(27)22-2;1-2-9(6-13)12-10(14)7-3-4-8(11)5-7;;;;/h12-17,21H,3-11H2,1-2H3,(H,22,27)(H,25,28)(H2,23,26,29);6-9,11H,2-5H2,1H3,(H,12,14);2*1H3;;/q4*-1;;/b24-12+;;;;;/t13?,14?,15-,16-,17-;7-,8-,9-;;;;/m00..../s1. The molecule has 0 aromatic rings. The Bertz CT molecular complexity index is 952. The summed E-state index contributed by atoms with van der Waals surface area (Å²) in [6.45, 7) is 4.36. The number of nitrogens with one attached hydrogen (secondary N) is 7. The van der Waals surface area contributed by atoms with Gasteiger partial charge < -0.3 is 52.4 Å². The van der Waals surface area contributed by atoms with Gasteiger partial charge in [-0.2, -0.15) is 5.10 Å². The van der Waals surface area contributed by atoms with Crippen molar-refractivity contribution in [3.8, 4) is 0 Å². The molecule has 3 aliphatic rings. The molecule has 0 aromatic heterocycles. The quantitative estimate of drug-likeness (QED) is 0.0851. The Morgan fingerprint density at radius 3 is 1.62 bits per heavy atom. The van der Waals surface area contributed by atoms with Gasteiger partial charge in [0.05, 0.1) is 12.1 Å². The molecule has 0 heterocycles. The first-order chi connectivity index (χ1) is 20.6. The molecule has 3 rings (SSSR count). The van der Waals surface area contributed by atoms with Crippen LogP contribution in [0.4, 0.5) is 4.79 Å². The molecule has 3 aliphatic carbocycles. The number of hydrazone groups is 1. The summed E-state index contributed by atoms with van der Waals surface area (Å²) in [7, 11) is 1.66. The van der Waals surface area contributed by atoms with Crippen LogP contribution in [0.3, 0.4) is 0 Å². The van der Waals surface area contributed by atoms with E-state index in [9.17, 15) is 24.0 Å². The zero-order valence-corrected chi connectivity index (χ0v) is 34.8. The molecule has 0 saturated heterocycles. The van der Waals surface area contributed by atoms with Crippen LogP contribution in [-0.4, -0.2) is 74.0 Å². The zero-order chi connectivity index (χ0) is 31.8. The van der Waals surface area contributed by atoms with Crippen LogP contribution in [-0.2, 0) is 84.6 Å². The van der Waals surface area contributed by atoms with Gasteiger partial charge in [0, 0.05) is 103 Å². The van der Waals surface area contributed by atoms with Gasteiger partial charge in [0.15, 0.2) is 0 Å². The smallest absolute Gasteiger partial charge is 0.335 e. The number of urea groups is 1. The van der Waals surface area contributed by atoms with Crippen molar-refractivity contribution >= 4 is 36.3 Å². The number of aldehydes is 1. The number of amides is 5. The van der Waals surface area contributed by atoms with Crippen LogP contribution in [0.5, 0.6) is 0 Å². The molecule has 2 radical (unpaired) electrons. The van der Waals surface area contributed by atoms with Crippen molar-refractivity contribution in [2.24, 2.45) is 28.8 Å². The average Bonchev–Trinajstić information content (AvgIpc) is 3.66. The van der Waals surface area contributed by atoms with Crippen molar-refractivity contribution < 1.29 is 89.4 Å². The van der Waals surface area contributed by atoms with Crippen LogP contribution in [0, 0.1) is 38.5 Å². The van der Waals surface area contributed by atoms with Gasteiger partial charge in [-0.1, -0.05) is 39.5 Å². The van der Waals surface area contributed by atoms with Gasteiger partial charge in [0.1, 0.15) is 6.29 Å². The van der Waals surface area contributed by atoms with Gasteiger partial charge in [-0.3, -0.25) is 14.4 Å². The first-order valence-corrected chi connectivity index (χ1v) is 15.9. The first kappa shape index (κ1) is 50.5. The molecular formula is C32H58N8O5Y2-4. The van der Waals surface area contributed by atoms with Crippen LogP contribution in [0.25, 0.3) is 11.5 Å². The second kappa shape index (κ2) is 27.9. The molecule has 3 saturated carbocycles. The maximum atomic E-state index is 12.2. The molecule has 0 aromatic carbocycles. The summed E-state index contributed by atoms with van der Waals surface area (Å²) in [4.78, 5) is 57.9. The number of hydrogen-bond acceptors (Lipinski definition) is 6. The molecule has 0 spiro atoms. The SMILES string of the molecule is CC[C@@H](/C=N/NC(=O)NCC1CCC(C(=O)NC)CC1)NC(=O)[C@H]1CC[C@H]([NH-])C1.CC[C@@H](C=O)NC(=O)[C@H]1CC[C@H]([NH-])C1.[CH3-].[CH3-].[Y].[Y]. The second-order valence-corrected chi connectivity index (χ2v) is 12.0. The number of hydrogen-bond donors (Lipinski definition) is 5. The summed E-state index contributed by atoms with van der Waals surface area (Å²) in [6.07, 6.45) is 11.5. The Morgan fingerprint density at radius 2 is 1.21 bits per heavy atom. The zero-order valence-electron chi connectivity index (χ0n) is 29.1. The third-order valence-electron chi connectivity index (χ3n) is 8.74. The molecule has 6 atom stereocenters. The van der Waals surface area contributed by atoms with Crippen LogP contribution >= 0.6 is 0 Å². The van der Waals surface area contributed by atoms with E-state index >= 15 is 0 Å². The first-order valence-electron chi connectivity index (χ1n) is 15.9. The van der Waals surface area contributed by atoms with Crippen LogP contribution < -0.4 is 26.7 Å². The third kappa shape index (κ3) is 19.2. The van der Waals surface area contributed by atoms with Crippen molar-refractivity contribution in [1.82, 2.24) is 26.7 Å². The molecular weight excluding hydrogens is 754 g/mol. The molecule has 47 heavy (non-hydrogen) atoms. The van der Waals surface area contributed by atoms with Gasteiger partial charge in [-0.05, 0) is 57.3 Å². The molecule has 0 aliphatic heterocycles. The van der Waals surface area contributed by atoms with E-state index in [1.807, 2.05) is 13.8 Å². The number of nitrogens with zero attached hydrogens (tertiary/aromatic N) is 1. The van der Waals surface area contributed by atoms with Crippen LogP contribution in [0.2, 0.25) is 0 Å². The predicted octanol–water partition coefficient (Wildman–Crippen LogP) is 4.14. The molecule has 7 N–H and O–H groups in total. The summed E-state index contributed by atoms with van der Waals surface area (Å²) in [5, 5.41) is 15.1. The third-order valence-corrected chi connectivity index (χ3v) is 8.74. The van der Waals surface area contributed by atoms with Gasteiger partial charge in [0.2, 0.25) is 17.7 Å². The second-order valence-electron chi connectivity index (χ2n) is 12.0. The van der Waals surface area contributed by atoms with Crippen molar-refractivity contribution in [1.29, 1.82) is 0 Å². The van der Waals surface area contributed by atoms with Gasteiger partial charge >= 0.3 is 6.03 Å². The van der Waals surface area contributed by atoms with E-state index in [0.29, 0.717) is 38.1 Å². The number of rotatable bonds is 12. The van der Waals surface area contributed by atoms with Gasteiger partial charge in [-0.15, -0.1) is 12.1 Å². The van der Waals surface area contributed by atoms with Crippen LogP contribution in [0.15, 0.2) is 5.10 Å². The Kier molecular flexibility index (Phi) is 30.0. The minimum absolute atomic E-state index is 0. The van der Waals surface area contributed by atoms with Gasteiger partial charge in [0.25, 0.3) is 0 Å². The van der Waals surface area contributed by atoms with Crippen molar-refractivity contribution in [2.75, 3.05) is 13.6 Å². The molecule has 13 nitrogen and oxygen atoms in total. The largest absolute Gasteiger partial charge is 0.675 e. The van der Waals surface area contributed by atoms with Crippen molar-refractivity contribution in [3.05, 3.63) is 26.3 Å². The van der Waals surface area contributed by atoms with E-state index < -0.39 is 0 Å². The van der Waals surface area contributed by atoms with Crippen molar-refractivity contribution in [3.63, 3.8) is 0 Å².